The molecule has 0 saturated heterocycles. The molecule has 3 nitrogen and oxygen atoms in total. The van der Waals surface area contributed by atoms with Gasteiger partial charge in [0.05, 0.1) is 18.6 Å². The van der Waals surface area contributed by atoms with Gasteiger partial charge in [0, 0.05) is 6.07 Å². The summed E-state index contributed by atoms with van der Waals surface area (Å²) in [5.41, 5.74) is 4.12. The molecule has 1 rings (SSSR count). The van der Waals surface area contributed by atoms with E-state index in [1.165, 1.54) is 0 Å². The Morgan fingerprint density at radius 1 is 1.31 bits per heavy atom. The van der Waals surface area contributed by atoms with Crippen LogP contribution in [-0.2, 0) is 0 Å². The number of para-hydroxylation sites is 1. The van der Waals surface area contributed by atoms with Crippen LogP contribution in [0.25, 0.3) is 5.57 Å². The van der Waals surface area contributed by atoms with Gasteiger partial charge in [0.25, 0.3) is 5.69 Å². The van der Waals surface area contributed by atoms with Crippen LogP contribution in [0.5, 0.6) is 0 Å². The number of hydrogen-bond acceptors (Lipinski definition) is 2. The van der Waals surface area contributed by atoms with E-state index >= 15 is 0 Å². The molecule has 0 atom stereocenters. The molecule has 0 amide bonds. The van der Waals surface area contributed by atoms with Crippen molar-refractivity contribution in [2.24, 2.45) is 0 Å². The standard InChI is InChI=1S/C12H17NO2Si/c1-10(9-16(2,3)4)11-7-5-6-8-12(11)13(14)15/h5-9H,1-4H3. The molecule has 0 aliphatic carbocycles. The molecule has 0 aromatic heterocycles. The first-order valence-electron chi connectivity index (χ1n) is 5.24. The lowest BCUT2D eigenvalue weighted by atomic mass is 10.1. The Hall–Kier alpha value is -1.42. The molecule has 0 saturated carbocycles. The van der Waals surface area contributed by atoms with Gasteiger partial charge in [-0.2, -0.15) is 0 Å². The lowest BCUT2D eigenvalue weighted by molar-refractivity contribution is -0.385. The third kappa shape index (κ3) is 3.31. The molecule has 0 N–H and O–H groups in total. The second-order valence-electron chi connectivity index (χ2n) is 4.97. The molecule has 86 valence electrons. The van der Waals surface area contributed by atoms with Crippen molar-refractivity contribution in [1.29, 1.82) is 0 Å². The largest absolute Gasteiger partial charge is 0.276 e. The summed E-state index contributed by atoms with van der Waals surface area (Å²) in [6.45, 7) is 8.59. The van der Waals surface area contributed by atoms with E-state index in [0.717, 1.165) is 11.1 Å². The Morgan fingerprint density at radius 2 is 1.88 bits per heavy atom. The Kier molecular flexibility index (Phi) is 3.65. The molecule has 0 radical (unpaired) electrons. The molecule has 0 bridgehead atoms. The highest BCUT2D eigenvalue weighted by Crippen LogP contribution is 2.26. The summed E-state index contributed by atoms with van der Waals surface area (Å²) in [5, 5.41) is 10.9. The van der Waals surface area contributed by atoms with Gasteiger partial charge >= 0.3 is 0 Å². The van der Waals surface area contributed by atoms with E-state index in [-0.39, 0.29) is 10.6 Å². The molecule has 0 unspecified atom stereocenters. The van der Waals surface area contributed by atoms with Crippen LogP contribution in [0.1, 0.15) is 12.5 Å². The molecule has 0 aliphatic rings. The van der Waals surface area contributed by atoms with Crippen LogP contribution in [0, 0.1) is 10.1 Å². The highest BCUT2D eigenvalue weighted by atomic mass is 28.3. The van der Waals surface area contributed by atoms with Crippen LogP contribution in [-0.4, -0.2) is 13.0 Å². The van der Waals surface area contributed by atoms with E-state index in [0.29, 0.717) is 0 Å². The minimum absolute atomic E-state index is 0.189. The third-order valence-corrected chi connectivity index (χ3v) is 3.47. The highest BCUT2D eigenvalue weighted by Gasteiger charge is 2.16. The van der Waals surface area contributed by atoms with Crippen molar-refractivity contribution in [1.82, 2.24) is 0 Å². The average Bonchev–Trinajstić information content (AvgIpc) is 2.15. The maximum atomic E-state index is 10.9. The van der Waals surface area contributed by atoms with Gasteiger partial charge in [-0.15, -0.1) is 0 Å². The zero-order valence-corrected chi connectivity index (χ0v) is 11.2. The first-order valence-corrected chi connectivity index (χ1v) is 8.82. The smallest absolute Gasteiger partial charge is 0.258 e. The maximum Gasteiger partial charge on any atom is 0.276 e. The molecule has 4 heteroatoms. The summed E-state index contributed by atoms with van der Waals surface area (Å²) in [7, 11) is -1.35. The molecule has 0 heterocycles. The SMILES string of the molecule is CC(=C[Si](C)(C)C)c1ccccc1[N+](=O)[O-]. The second-order valence-corrected chi connectivity index (χ2v) is 9.99. The minimum Gasteiger partial charge on any atom is -0.258 e. The summed E-state index contributed by atoms with van der Waals surface area (Å²) in [6, 6.07) is 6.90. The van der Waals surface area contributed by atoms with Gasteiger partial charge in [-0.25, -0.2) is 0 Å². The number of nitrogens with zero attached hydrogens (tertiary/aromatic N) is 1. The fourth-order valence-corrected chi connectivity index (χ4v) is 3.15. The number of nitro groups is 1. The number of benzene rings is 1. The summed E-state index contributed by atoms with van der Waals surface area (Å²) in [4.78, 5) is 10.6. The van der Waals surface area contributed by atoms with Gasteiger partial charge in [-0.05, 0) is 18.6 Å². The highest BCUT2D eigenvalue weighted by molar-refractivity contribution is 6.81. The molecule has 0 fully saturated rings. The van der Waals surface area contributed by atoms with Crippen LogP contribution in [0.4, 0.5) is 5.69 Å². The molecule has 0 spiro atoms. The molecule has 1 aromatic carbocycles. The lowest BCUT2D eigenvalue weighted by Gasteiger charge is -2.12. The Labute approximate surface area is 97.0 Å². The van der Waals surface area contributed by atoms with E-state index in [4.69, 9.17) is 0 Å². The van der Waals surface area contributed by atoms with Crippen LogP contribution in [0.15, 0.2) is 30.0 Å². The van der Waals surface area contributed by atoms with E-state index in [2.05, 4.69) is 25.3 Å². The Balaban J connectivity index is 3.24. The Bertz CT molecular complexity index is 433. The van der Waals surface area contributed by atoms with Crippen molar-refractivity contribution < 1.29 is 4.92 Å². The third-order valence-electron chi connectivity index (χ3n) is 2.18. The number of hydrogen-bond donors (Lipinski definition) is 0. The van der Waals surface area contributed by atoms with Crippen molar-refractivity contribution in [3.05, 3.63) is 45.6 Å². The van der Waals surface area contributed by atoms with Crippen molar-refractivity contribution in [3.8, 4) is 0 Å². The molecule has 1 aromatic rings. The van der Waals surface area contributed by atoms with Crippen LogP contribution >= 0.6 is 0 Å². The summed E-state index contributed by atoms with van der Waals surface area (Å²) in [6.07, 6.45) is 0. The monoisotopic (exact) mass is 235 g/mol. The van der Waals surface area contributed by atoms with Gasteiger partial charge in [0.2, 0.25) is 0 Å². The van der Waals surface area contributed by atoms with Crippen LogP contribution in [0.2, 0.25) is 19.6 Å². The molecular weight excluding hydrogens is 218 g/mol. The quantitative estimate of drug-likeness (QED) is 0.453. The zero-order chi connectivity index (χ0) is 12.3. The number of allylic oxidation sites excluding steroid dienone is 1. The summed E-state index contributed by atoms with van der Waals surface area (Å²) >= 11 is 0. The first kappa shape index (κ1) is 12.6. The fourth-order valence-electron chi connectivity index (χ4n) is 1.69. The van der Waals surface area contributed by atoms with Gasteiger partial charge < -0.3 is 0 Å². The van der Waals surface area contributed by atoms with Crippen LogP contribution < -0.4 is 0 Å². The normalized spacial score (nSPS) is 12.6. The van der Waals surface area contributed by atoms with Crippen LogP contribution in [0.3, 0.4) is 0 Å². The van der Waals surface area contributed by atoms with Gasteiger partial charge in [0.1, 0.15) is 0 Å². The average molecular weight is 235 g/mol. The van der Waals surface area contributed by atoms with E-state index in [1.54, 1.807) is 12.1 Å². The predicted molar refractivity (Wildman–Crippen MR) is 70.1 cm³/mol. The zero-order valence-electron chi connectivity index (χ0n) is 10.2. The van der Waals surface area contributed by atoms with E-state index in [1.807, 2.05) is 19.1 Å². The van der Waals surface area contributed by atoms with Crippen molar-refractivity contribution >= 4 is 19.3 Å². The van der Waals surface area contributed by atoms with Gasteiger partial charge in [-0.3, -0.25) is 10.1 Å². The predicted octanol–water partition coefficient (Wildman–Crippen LogP) is 3.88. The minimum atomic E-state index is -1.35. The molecular formula is C12H17NO2Si. The molecule has 0 aliphatic heterocycles. The Morgan fingerprint density at radius 3 is 2.38 bits per heavy atom. The van der Waals surface area contributed by atoms with Crippen molar-refractivity contribution in [2.75, 3.05) is 0 Å². The van der Waals surface area contributed by atoms with Gasteiger partial charge in [-0.1, -0.05) is 37.5 Å². The van der Waals surface area contributed by atoms with Crippen molar-refractivity contribution in [2.45, 2.75) is 26.6 Å². The maximum absolute atomic E-state index is 10.9. The van der Waals surface area contributed by atoms with E-state index < -0.39 is 8.07 Å². The number of nitro benzene ring substituents is 1. The van der Waals surface area contributed by atoms with Gasteiger partial charge in [0.15, 0.2) is 0 Å². The lowest BCUT2D eigenvalue weighted by Crippen LogP contribution is -2.16. The van der Waals surface area contributed by atoms with E-state index in [9.17, 15) is 10.1 Å². The first-order chi connectivity index (χ1) is 7.31. The topological polar surface area (TPSA) is 43.1 Å². The molecule has 16 heavy (non-hydrogen) atoms. The van der Waals surface area contributed by atoms with Crippen molar-refractivity contribution in [3.63, 3.8) is 0 Å². The summed E-state index contributed by atoms with van der Waals surface area (Å²) in [5.74, 6) is 0. The second kappa shape index (κ2) is 4.61. The fraction of sp³-hybridized carbons (Fsp3) is 0.333. The summed E-state index contributed by atoms with van der Waals surface area (Å²) < 4.78 is 0. The number of rotatable bonds is 3.